The first-order valence-electron chi connectivity index (χ1n) is 5.27. The molecule has 0 spiro atoms. The van der Waals surface area contributed by atoms with Gasteiger partial charge in [-0.15, -0.1) is 11.3 Å². The number of aryl methyl sites for hydroxylation is 1. The van der Waals surface area contributed by atoms with Gasteiger partial charge in [-0.1, -0.05) is 13.8 Å². The van der Waals surface area contributed by atoms with Gasteiger partial charge in [-0.25, -0.2) is 0 Å². The predicted octanol–water partition coefficient (Wildman–Crippen LogP) is 3.48. The molecule has 0 radical (unpaired) electrons. The molecule has 0 saturated carbocycles. The van der Waals surface area contributed by atoms with E-state index in [0.29, 0.717) is 10.7 Å². The van der Waals surface area contributed by atoms with Crippen LogP contribution in [-0.4, -0.2) is 14.8 Å². The van der Waals surface area contributed by atoms with Crippen LogP contribution in [0, 0.1) is 11.7 Å². The third-order valence-electron chi connectivity index (χ3n) is 2.57. The summed E-state index contributed by atoms with van der Waals surface area (Å²) < 4.78 is 2.79. The molecular weight excluding hydrogens is 238 g/mol. The van der Waals surface area contributed by atoms with Gasteiger partial charge in [0.15, 0.2) is 4.77 Å². The van der Waals surface area contributed by atoms with Crippen LogP contribution in [0.5, 0.6) is 0 Å². The van der Waals surface area contributed by atoms with Gasteiger partial charge in [0, 0.05) is 10.8 Å². The van der Waals surface area contributed by atoms with Gasteiger partial charge in [0.1, 0.15) is 5.82 Å². The first-order chi connectivity index (χ1) is 7.59. The van der Waals surface area contributed by atoms with E-state index in [1.165, 1.54) is 10.4 Å². The molecule has 0 aliphatic carbocycles. The summed E-state index contributed by atoms with van der Waals surface area (Å²) >= 11 is 7.03. The lowest BCUT2D eigenvalue weighted by molar-refractivity contribution is 0.668. The van der Waals surface area contributed by atoms with Gasteiger partial charge in [0.25, 0.3) is 0 Å². The third-order valence-corrected chi connectivity index (χ3v) is 3.89. The lowest BCUT2D eigenvalue weighted by Gasteiger charge is -2.08. The molecule has 0 amide bonds. The van der Waals surface area contributed by atoms with E-state index in [1.54, 1.807) is 11.3 Å². The lowest BCUT2D eigenvalue weighted by Crippen LogP contribution is -2.06. The van der Waals surface area contributed by atoms with Crippen molar-refractivity contribution in [3.05, 3.63) is 32.5 Å². The second kappa shape index (κ2) is 4.51. The van der Waals surface area contributed by atoms with Gasteiger partial charge in [-0.2, -0.15) is 5.10 Å². The van der Waals surface area contributed by atoms with Crippen molar-refractivity contribution in [2.45, 2.75) is 33.2 Å². The molecule has 0 saturated heterocycles. The smallest absolute Gasteiger partial charge is 0.195 e. The first kappa shape index (κ1) is 11.5. The predicted molar refractivity (Wildman–Crippen MR) is 69.7 cm³/mol. The van der Waals surface area contributed by atoms with Crippen molar-refractivity contribution >= 4 is 23.6 Å². The number of aromatic nitrogens is 3. The van der Waals surface area contributed by atoms with Crippen LogP contribution in [0.25, 0.3) is 0 Å². The fourth-order valence-electron chi connectivity index (χ4n) is 1.63. The van der Waals surface area contributed by atoms with Crippen LogP contribution >= 0.6 is 23.6 Å². The fourth-order valence-corrected chi connectivity index (χ4v) is 2.73. The zero-order valence-corrected chi connectivity index (χ0v) is 11.3. The van der Waals surface area contributed by atoms with E-state index in [2.05, 4.69) is 47.0 Å². The largest absolute Gasteiger partial charge is 0.299 e. The molecule has 2 heterocycles. The minimum absolute atomic E-state index is 0.383. The summed E-state index contributed by atoms with van der Waals surface area (Å²) in [5, 5.41) is 9.26. The van der Waals surface area contributed by atoms with Gasteiger partial charge in [0.2, 0.25) is 0 Å². The second-order valence-electron chi connectivity index (χ2n) is 4.15. The van der Waals surface area contributed by atoms with Crippen LogP contribution in [-0.2, 0) is 6.54 Å². The number of H-pyrrole nitrogens is 1. The van der Waals surface area contributed by atoms with E-state index in [-0.39, 0.29) is 0 Å². The minimum atomic E-state index is 0.383. The highest BCUT2D eigenvalue weighted by Crippen LogP contribution is 2.19. The first-order valence-corrected chi connectivity index (χ1v) is 6.56. The zero-order chi connectivity index (χ0) is 11.7. The molecule has 0 aliphatic heterocycles. The molecule has 3 nitrogen and oxygen atoms in total. The maximum absolute atomic E-state index is 5.26. The number of rotatable bonds is 3. The van der Waals surface area contributed by atoms with Crippen LogP contribution < -0.4 is 0 Å². The molecule has 2 aromatic rings. The van der Waals surface area contributed by atoms with Crippen molar-refractivity contribution < 1.29 is 0 Å². The van der Waals surface area contributed by atoms with Crippen molar-refractivity contribution in [2.75, 3.05) is 0 Å². The van der Waals surface area contributed by atoms with E-state index in [9.17, 15) is 0 Å². The molecule has 86 valence electrons. The Morgan fingerprint density at radius 1 is 1.56 bits per heavy atom. The summed E-state index contributed by atoms with van der Waals surface area (Å²) in [6.07, 6.45) is 0. The number of thiophene rings is 1. The third kappa shape index (κ3) is 2.10. The maximum Gasteiger partial charge on any atom is 0.195 e. The van der Waals surface area contributed by atoms with Crippen LogP contribution in [0.1, 0.15) is 36.0 Å². The molecule has 0 unspecified atom stereocenters. The Morgan fingerprint density at radius 3 is 2.88 bits per heavy atom. The van der Waals surface area contributed by atoms with E-state index in [0.717, 1.165) is 12.4 Å². The molecule has 5 heteroatoms. The molecule has 0 atom stereocenters. The monoisotopic (exact) mass is 253 g/mol. The lowest BCUT2D eigenvalue weighted by atomic mass is 10.2. The van der Waals surface area contributed by atoms with Gasteiger partial charge in [-0.05, 0) is 36.2 Å². The fraction of sp³-hybridized carbons (Fsp3) is 0.455. The molecule has 0 bridgehead atoms. The van der Waals surface area contributed by atoms with Gasteiger partial charge < -0.3 is 0 Å². The Kier molecular flexibility index (Phi) is 3.25. The Bertz CT molecular complexity index is 533. The van der Waals surface area contributed by atoms with Gasteiger partial charge in [0.05, 0.1) is 6.54 Å². The Morgan fingerprint density at radius 2 is 2.31 bits per heavy atom. The highest BCUT2D eigenvalue weighted by Gasteiger charge is 2.11. The maximum atomic E-state index is 5.26. The molecule has 0 aromatic carbocycles. The number of hydrogen-bond acceptors (Lipinski definition) is 3. The molecule has 0 aliphatic rings. The zero-order valence-electron chi connectivity index (χ0n) is 9.65. The molecule has 1 N–H and O–H groups in total. The highest BCUT2D eigenvalue weighted by atomic mass is 32.1. The van der Waals surface area contributed by atoms with E-state index in [4.69, 9.17) is 12.2 Å². The summed E-state index contributed by atoms with van der Waals surface area (Å²) in [5.74, 6) is 1.41. The van der Waals surface area contributed by atoms with Crippen molar-refractivity contribution in [1.29, 1.82) is 0 Å². The Balaban J connectivity index is 2.38. The molecular formula is C11H15N3S2. The molecule has 2 aromatic heterocycles. The molecule has 0 fully saturated rings. The van der Waals surface area contributed by atoms with Gasteiger partial charge in [-0.3, -0.25) is 9.67 Å². The van der Waals surface area contributed by atoms with Crippen molar-refractivity contribution in [3.8, 4) is 0 Å². The SMILES string of the molecule is Cc1ccsc1Cn1c(C(C)C)n[nH]c1=S. The average molecular weight is 253 g/mol. The van der Waals surface area contributed by atoms with E-state index >= 15 is 0 Å². The Labute approximate surface area is 104 Å². The highest BCUT2D eigenvalue weighted by molar-refractivity contribution is 7.71. The Hall–Kier alpha value is -0.940. The van der Waals surface area contributed by atoms with E-state index < -0.39 is 0 Å². The number of nitrogens with zero attached hydrogens (tertiary/aromatic N) is 2. The normalized spacial score (nSPS) is 11.2. The summed E-state index contributed by atoms with van der Waals surface area (Å²) in [4.78, 5) is 1.35. The number of aromatic amines is 1. The van der Waals surface area contributed by atoms with E-state index in [1.807, 2.05) is 0 Å². The standard InChI is InChI=1S/C11H15N3S2/c1-7(2)10-12-13-11(15)14(10)6-9-8(3)4-5-16-9/h4-5,7H,6H2,1-3H3,(H,13,15). The average Bonchev–Trinajstić information content (AvgIpc) is 2.76. The van der Waals surface area contributed by atoms with Gasteiger partial charge >= 0.3 is 0 Å². The molecule has 16 heavy (non-hydrogen) atoms. The minimum Gasteiger partial charge on any atom is -0.299 e. The number of nitrogens with one attached hydrogen (secondary N) is 1. The van der Waals surface area contributed by atoms with Crippen LogP contribution in [0.4, 0.5) is 0 Å². The summed E-state index contributed by atoms with van der Waals surface area (Å²) in [7, 11) is 0. The quantitative estimate of drug-likeness (QED) is 0.850. The topological polar surface area (TPSA) is 33.6 Å². The van der Waals surface area contributed by atoms with Crippen LogP contribution in [0.3, 0.4) is 0 Å². The van der Waals surface area contributed by atoms with Crippen LogP contribution in [0.2, 0.25) is 0 Å². The van der Waals surface area contributed by atoms with Crippen LogP contribution in [0.15, 0.2) is 11.4 Å². The summed E-state index contributed by atoms with van der Waals surface area (Å²) in [6, 6.07) is 2.14. The summed E-state index contributed by atoms with van der Waals surface area (Å²) in [5.41, 5.74) is 1.32. The molecule has 2 rings (SSSR count). The van der Waals surface area contributed by atoms with Crippen molar-refractivity contribution in [2.24, 2.45) is 0 Å². The van der Waals surface area contributed by atoms with Crippen molar-refractivity contribution in [3.63, 3.8) is 0 Å². The van der Waals surface area contributed by atoms with Crippen molar-refractivity contribution in [1.82, 2.24) is 14.8 Å². The second-order valence-corrected chi connectivity index (χ2v) is 5.54. The summed E-state index contributed by atoms with van der Waals surface area (Å²) in [6.45, 7) is 7.21. The number of hydrogen-bond donors (Lipinski definition) is 1.